The molecule has 1 aliphatic rings. The van der Waals surface area contributed by atoms with Gasteiger partial charge < -0.3 is 10.4 Å². The van der Waals surface area contributed by atoms with Crippen molar-refractivity contribution in [2.24, 2.45) is 0 Å². The van der Waals surface area contributed by atoms with Gasteiger partial charge in [-0.15, -0.1) is 0 Å². The van der Waals surface area contributed by atoms with Crippen molar-refractivity contribution in [2.45, 2.75) is 25.9 Å². The molecular weight excluding hydrogens is 316 g/mol. The molecule has 6 nitrogen and oxygen atoms in total. The zero-order valence-corrected chi connectivity index (χ0v) is 13.6. The summed E-state index contributed by atoms with van der Waals surface area (Å²) < 4.78 is 1.87. The number of rotatable bonds is 4. The van der Waals surface area contributed by atoms with Crippen LogP contribution in [-0.4, -0.2) is 25.8 Å². The van der Waals surface area contributed by atoms with Gasteiger partial charge in [0, 0.05) is 23.0 Å². The number of nitrogens with one attached hydrogen (secondary N) is 1. The number of fused-ring (bicyclic) bond motifs is 1. The van der Waals surface area contributed by atoms with E-state index < -0.39 is 0 Å². The molecule has 1 amide bonds. The topological polar surface area (TPSA) is 80.0 Å². The summed E-state index contributed by atoms with van der Waals surface area (Å²) in [6.07, 6.45) is 5.92. The number of aliphatic hydroxyl groups is 1. The van der Waals surface area contributed by atoms with Crippen LogP contribution in [0.2, 0.25) is 0 Å². The van der Waals surface area contributed by atoms with Crippen molar-refractivity contribution in [1.82, 2.24) is 14.8 Å². The van der Waals surface area contributed by atoms with Crippen molar-refractivity contribution >= 4 is 11.6 Å². The molecule has 0 radical (unpaired) electrons. The van der Waals surface area contributed by atoms with Gasteiger partial charge in [0.25, 0.3) is 5.91 Å². The van der Waals surface area contributed by atoms with E-state index in [0.29, 0.717) is 16.9 Å². The van der Waals surface area contributed by atoms with E-state index in [1.807, 2.05) is 35.0 Å². The van der Waals surface area contributed by atoms with Crippen molar-refractivity contribution in [1.29, 1.82) is 0 Å². The number of benzene rings is 1. The Kier molecular flexibility index (Phi) is 4.03. The first kappa shape index (κ1) is 15.5. The Hall–Kier alpha value is -2.99. The average molecular weight is 334 g/mol. The van der Waals surface area contributed by atoms with Crippen LogP contribution in [0.5, 0.6) is 0 Å². The lowest BCUT2D eigenvalue weighted by atomic mass is 10.2. The minimum atomic E-state index is -0.268. The Labute approximate surface area is 145 Å². The molecule has 4 rings (SSSR count). The molecule has 0 bridgehead atoms. The van der Waals surface area contributed by atoms with Crippen molar-refractivity contribution in [3.8, 4) is 5.69 Å². The molecule has 0 saturated heterocycles. The second-order valence-corrected chi connectivity index (χ2v) is 6.02. The molecule has 25 heavy (non-hydrogen) atoms. The predicted octanol–water partition coefficient (Wildman–Crippen LogP) is 2.50. The number of aromatic nitrogens is 3. The Morgan fingerprint density at radius 3 is 2.84 bits per heavy atom. The summed E-state index contributed by atoms with van der Waals surface area (Å²) in [6.45, 7) is -0.158. The van der Waals surface area contributed by atoms with Crippen LogP contribution in [0, 0.1) is 0 Å². The zero-order valence-electron chi connectivity index (χ0n) is 13.6. The van der Waals surface area contributed by atoms with Gasteiger partial charge in [-0.2, -0.15) is 5.10 Å². The fourth-order valence-corrected chi connectivity index (χ4v) is 3.26. The van der Waals surface area contributed by atoms with Crippen LogP contribution in [0.15, 0.2) is 48.8 Å². The van der Waals surface area contributed by atoms with Gasteiger partial charge in [-0.3, -0.25) is 9.78 Å². The first-order chi connectivity index (χ1) is 12.3. The zero-order chi connectivity index (χ0) is 17.2. The molecule has 0 atom stereocenters. The SMILES string of the molecule is O=C(Nc1cnccc1CO)c1nn(-c2ccccc2)c2c1CCC2. The average Bonchev–Trinajstić information content (AvgIpc) is 3.25. The summed E-state index contributed by atoms with van der Waals surface area (Å²) in [7, 11) is 0. The molecular formula is C19H18N4O2. The second kappa shape index (κ2) is 6.49. The fraction of sp³-hybridized carbons (Fsp3) is 0.211. The number of aliphatic hydroxyl groups excluding tert-OH is 1. The van der Waals surface area contributed by atoms with Gasteiger partial charge in [0.05, 0.1) is 24.2 Å². The number of carbonyl (C=O) groups excluding carboxylic acids is 1. The third-order valence-electron chi connectivity index (χ3n) is 4.48. The maximum atomic E-state index is 12.8. The summed E-state index contributed by atoms with van der Waals surface area (Å²) in [5.74, 6) is -0.268. The van der Waals surface area contributed by atoms with Crippen molar-refractivity contribution in [2.75, 3.05) is 5.32 Å². The maximum Gasteiger partial charge on any atom is 0.276 e. The lowest BCUT2D eigenvalue weighted by molar-refractivity contribution is 0.102. The Bertz CT molecular complexity index is 918. The molecule has 1 aliphatic carbocycles. The van der Waals surface area contributed by atoms with Gasteiger partial charge in [0.1, 0.15) is 0 Å². The first-order valence-corrected chi connectivity index (χ1v) is 8.29. The van der Waals surface area contributed by atoms with E-state index in [0.717, 1.165) is 36.2 Å². The monoisotopic (exact) mass is 334 g/mol. The van der Waals surface area contributed by atoms with Crippen molar-refractivity contribution in [3.63, 3.8) is 0 Å². The van der Waals surface area contributed by atoms with E-state index in [1.165, 1.54) is 6.20 Å². The number of nitrogens with zero attached hydrogens (tertiary/aromatic N) is 3. The molecule has 0 unspecified atom stereocenters. The molecule has 1 aromatic carbocycles. The molecule has 6 heteroatoms. The van der Waals surface area contributed by atoms with Gasteiger partial charge in [-0.05, 0) is 37.5 Å². The van der Waals surface area contributed by atoms with E-state index in [2.05, 4.69) is 15.4 Å². The van der Waals surface area contributed by atoms with E-state index in [1.54, 1.807) is 12.3 Å². The van der Waals surface area contributed by atoms with Gasteiger partial charge in [-0.1, -0.05) is 18.2 Å². The summed E-state index contributed by atoms with van der Waals surface area (Å²) >= 11 is 0. The maximum absolute atomic E-state index is 12.8. The number of anilines is 1. The third-order valence-corrected chi connectivity index (χ3v) is 4.48. The van der Waals surface area contributed by atoms with Crippen LogP contribution < -0.4 is 5.32 Å². The summed E-state index contributed by atoms with van der Waals surface area (Å²) in [4.78, 5) is 16.8. The lowest BCUT2D eigenvalue weighted by Crippen LogP contribution is -2.16. The van der Waals surface area contributed by atoms with Gasteiger partial charge in [0.2, 0.25) is 0 Å². The van der Waals surface area contributed by atoms with Gasteiger partial charge in [0.15, 0.2) is 5.69 Å². The predicted molar refractivity (Wildman–Crippen MR) is 93.7 cm³/mol. The molecule has 3 aromatic rings. The highest BCUT2D eigenvalue weighted by Crippen LogP contribution is 2.28. The molecule has 0 saturated carbocycles. The second-order valence-electron chi connectivity index (χ2n) is 6.02. The van der Waals surface area contributed by atoms with Crippen molar-refractivity contribution in [3.05, 3.63) is 71.3 Å². The summed E-state index contributed by atoms with van der Waals surface area (Å²) in [6, 6.07) is 11.5. The van der Waals surface area contributed by atoms with Crippen molar-refractivity contribution < 1.29 is 9.90 Å². The summed E-state index contributed by atoms with van der Waals surface area (Å²) in [5.41, 5.74) is 4.65. The molecule has 0 fully saturated rings. The van der Waals surface area contributed by atoms with Gasteiger partial charge >= 0.3 is 0 Å². The Balaban J connectivity index is 1.70. The highest BCUT2D eigenvalue weighted by atomic mass is 16.3. The lowest BCUT2D eigenvalue weighted by Gasteiger charge is -2.08. The van der Waals surface area contributed by atoms with Crippen LogP contribution in [0.3, 0.4) is 0 Å². The quantitative estimate of drug-likeness (QED) is 0.768. The normalized spacial score (nSPS) is 12.8. The Morgan fingerprint density at radius 1 is 1.20 bits per heavy atom. The Morgan fingerprint density at radius 2 is 2.04 bits per heavy atom. The third kappa shape index (κ3) is 2.81. The summed E-state index contributed by atoms with van der Waals surface area (Å²) in [5, 5.41) is 16.8. The number of carbonyl (C=O) groups is 1. The fourth-order valence-electron chi connectivity index (χ4n) is 3.26. The molecule has 126 valence electrons. The highest BCUT2D eigenvalue weighted by Gasteiger charge is 2.27. The number of para-hydroxylation sites is 1. The molecule has 2 N–H and O–H groups in total. The standard InChI is InChI=1S/C19H18N4O2/c24-12-13-9-10-20-11-16(13)21-19(25)18-15-7-4-8-17(15)23(22-18)14-5-2-1-3-6-14/h1-3,5-6,9-11,24H,4,7-8,12H2,(H,21,25). The molecule has 2 heterocycles. The van der Waals surface area contributed by atoms with Gasteiger partial charge in [-0.25, -0.2) is 4.68 Å². The van der Waals surface area contributed by atoms with Crippen LogP contribution in [0.25, 0.3) is 5.69 Å². The number of pyridine rings is 1. The van der Waals surface area contributed by atoms with Crippen LogP contribution >= 0.6 is 0 Å². The minimum absolute atomic E-state index is 0.158. The smallest absolute Gasteiger partial charge is 0.276 e. The largest absolute Gasteiger partial charge is 0.392 e. The minimum Gasteiger partial charge on any atom is -0.392 e. The molecule has 0 spiro atoms. The van der Waals surface area contributed by atoms with E-state index in [4.69, 9.17) is 0 Å². The highest BCUT2D eigenvalue weighted by molar-refractivity contribution is 6.04. The van der Waals surface area contributed by atoms with E-state index in [9.17, 15) is 9.90 Å². The molecule has 2 aromatic heterocycles. The molecule has 0 aliphatic heterocycles. The number of amides is 1. The van der Waals surface area contributed by atoms with Crippen LogP contribution in [0.4, 0.5) is 5.69 Å². The number of hydrogen-bond acceptors (Lipinski definition) is 4. The first-order valence-electron chi connectivity index (χ1n) is 8.29. The van der Waals surface area contributed by atoms with E-state index in [-0.39, 0.29) is 12.5 Å². The number of hydrogen-bond donors (Lipinski definition) is 2. The van der Waals surface area contributed by atoms with Crippen LogP contribution in [0.1, 0.15) is 33.7 Å². The van der Waals surface area contributed by atoms with E-state index >= 15 is 0 Å². The van der Waals surface area contributed by atoms with Crippen LogP contribution in [-0.2, 0) is 19.4 Å².